The van der Waals surface area contributed by atoms with Crippen LogP contribution < -0.4 is 5.32 Å². The molecule has 2 heterocycles. The maximum Gasteiger partial charge on any atom is 0.125 e. The summed E-state index contributed by atoms with van der Waals surface area (Å²) in [6.45, 7) is 13.2. The van der Waals surface area contributed by atoms with E-state index in [0.29, 0.717) is 5.92 Å². The number of anilines is 1. The van der Waals surface area contributed by atoms with E-state index in [1.54, 1.807) is 0 Å². The Morgan fingerprint density at radius 1 is 1.20 bits per heavy atom. The van der Waals surface area contributed by atoms with Crippen molar-refractivity contribution in [2.24, 2.45) is 0 Å². The van der Waals surface area contributed by atoms with Gasteiger partial charge in [0.15, 0.2) is 0 Å². The second kappa shape index (κ2) is 9.76. The molecule has 0 saturated carbocycles. The topological polar surface area (TPSA) is 28.2 Å². The first-order valence-corrected chi connectivity index (χ1v) is 8.18. The van der Waals surface area contributed by atoms with Crippen molar-refractivity contribution in [1.82, 2.24) is 9.88 Å². The average molecular weight is 277 g/mol. The Kier molecular flexibility index (Phi) is 8.28. The van der Waals surface area contributed by atoms with Gasteiger partial charge in [0, 0.05) is 12.7 Å². The van der Waals surface area contributed by atoms with Gasteiger partial charge in [-0.25, -0.2) is 4.98 Å². The molecule has 0 atom stereocenters. The number of aromatic nitrogens is 1. The van der Waals surface area contributed by atoms with Gasteiger partial charge in [-0.2, -0.15) is 0 Å². The van der Waals surface area contributed by atoms with E-state index in [2.05, 4.69) is 41.2 Å². The molecule has 3 heteroatoms. The number of rotatable bonds is 6. The van der Waals surface area contributed by atoms with E-state index < -0.39 is 0 Å². The minimum atomic E-state index is 0.557. The average Bonchev–Trinajstić information content (AvgIpc) is 2.99. The Bertz CT molecular complexity index is 340. The summed E-state index contributed by atoms with van der Waals surface area (Å²) in [5, 5.41) is 3.40. The van der Waals surface area contributed by atoms with E-state index in [1.807, 2.05) is 20.0 Å². The molecule has 0 bridgehead atoms. The van der Waals surface area contributed by atoms with Crippen LogP contribution in [0.1, 0.15) is 58.4 Å². The van der Waals surface area contributed by atoms with Crippen molar-refractivity contribution in [3.05, 3.63) is 23.9 Å². The summed E-state index contributed by atoms with van der Waals surface area (Å²) in [6, 6.07) is 4.26. The van der Waals surface area contributed by atoms with E-state index in [1.165, 1.54) is 44.5 Å². The second-order valence-corrected chi connectivity index (χ2v) is 5.46. The molecule has 1 aliphatic heterocycles. The van der Waals surface area contributed by atoms with Crippen molar-refractivity contribution in [2.45, 2.75) is 52.9 Å². The Balaban J connectivity index is 0.000000956. The fourth-order valence-corrected chi connectivity index (χ4v) is 2.38. The summed E-state index contributed by atoms with van der Waals surface area (Å²) < 4.78 is 0. The van der Waals surface area contributed by atoms with Gasteiger partial charge in [-0.1, -0.05) is 33.8 Å². The van der Waals surface area contributed by atoms with Crippen molar-refractivity contribution in [3.63, 3.8) is 0 Å². The van der Waals surface area contributed by atoms with Gasteiger partial charge in [-0.15, -0.1) is 0 Å². The van der Waals surface area contributed by atoms with Crippen LogP contribution in [-0.4, -0.2) is 36.1 Å². The molecule has 2 rings (SSSR count). The molecule has 0 aromatic carbocycles. The van der Waals surface area contributed by atoms with Crippen molar-refractivity contribution in [1.29, 1.82) is 0 Å². The molecule has 1 fully saturated rings. The van der Waals surface area contributed by atoms with Gasteiger partial charge in [0.05, 0.1) is 0 Å². The maximum absolute atomic E-state index is 4.44. The van der Waals surface area contributed by atoms with Crippen LogP contribution in [0.5, 0.6) is 0 Å². The largest absolute Gasteiger partial charge is 0.370 e. The highest BCUT2D eigenvalue weighted by atomic mass is 15.1. The van der Waals surface area contributed by atoms with Crippen LogP contribution in [0.4, 0.5) is 5.82 Å². The first-order valence-electron chi connectivity index (χ1n) is 8.18. The molecule has 114 valence electrons. The lowest BCUT2D eigenvalue weighted by molar-refractivity contribution is 0.337. The van der Waals surface area contributed by atoms with Crippen molar-refractivity contribution >= 4 is 5.82 Å². The van der Waals surface area contributed by atoms with E-state index in [9.17, 15) is 0 Å². The Labute approximate surface area is 124 Å². The fourth-order valence-electron chi connectivity index (χ4n) is 2.38. The summed E-state index contributed by atoms with van der Waals surface area (Å²) in [5.74, 6) is 1.56. The number of hydrogen-bond donors (Lipinski definition) is 1. The third kappa shape index (κ3) is 5.91. The molecule has 0 radical (unpaired) electrons. The van der Waals surface area contributed by atoms with Crippen LogP contribution in [0.3, 0.4) is 0 Å². The molecule has 0 spiro atoms. The molecule has 0 aliphatic carbocycles. The molecular formula is C17H31N3. The van der Waals surface area contributed by atoms with Gasteiger partial charge in [0.1, 0.15) is 5.82 Å². The van der Waals surface area contributed by atoms with Gasteiger partial charge < -0.3 is 10.2 Å². The summed E-state index contributed by atoms with van der Waals surface area (Å²) in [6.07, 6.45) is 5.94. The third-order valence-corrected chi connectivity index (χ3v) is 3.61. The number of hydrogen-bond acceptors (Lipinski definition) is 3. The number of nitrogens with zero attached hydrogens (tertiary/aromatic N) is 2. The lowest BCUT2D eigenvalue weighted by Gasteiger charge is -2.14. The van der Waals surface area contributed by atoms with Gasteiger partial charge in [0.25, 0.3) is 0 Å². The van der Waals surface area contributed by atoms with E-state index in [4.69, 9.17) is 0 Å². The fraction of sp³-hybridized carbons (Fsp3) is 0.706. The summed E-state index contributed by atoms with van der Waals surface area (Å²) >= 11 is 0. The van der Waals surface area contributed by atoms with Gasteiger partial charge in [-0.3, -0.25) is 0 Å². The molecule has 1 aliphatic rings. The van der Waals surface area contributed by atoms with Crippen LogP contribution >= 0.6 is 0 Å². The normalized spacial score (nSPS) is 15.1. The smallest absolute Gasteiger partial charge is 0.125 e. The van der Waals surface area contributed by atoms with Crippen LogP contribution in [0.25, 0.3) is 0 Å². The van der Waals surface area contributed by atoms with E-state index in [-0.39, 0.29) is 0 Å². The zero-order valence-electron chi connectivity index (χ0n) is 13.7. The lowest BCUT2D eigenvalue weighted by atomic mass is 10.1. The molecule has 0 unspecified atom stereocenters. The van der Waals surface area contributed by atoms with E-state index >= 15 is 0 Å². The Morgan fingerprint density at radius 3 is 2.45 bits per heavy atom. The maximum atomic E-state index is 4.44. The lowest BCUT2D eigenvalue weighted by Crippen LogP contribution is -2.22. The van der Waals surface area contributed by atoms with E-state index in [0.717, 1.165) is 12.4 Å². The zero-order chi connectivity index (χ0) is 14.8. The summed E-state index contributed by atoms with van der Waals surface area (Å²) in [5.41, 5.74) is 1.30. The van der Waals surface area contributed by atoms with Gasteiger partial charge in [-0.05, 0) is 56.4 Å². The van der Waals surface area contributed by atoms with Gasteiger partial charge >= 0.3 is 0 Å². The number of pyridine rings is 1. The first kappa shape index (κ1) is 17.0. The highest BCUT2D eigenvalue weighted by Gasteiger charge is 2.09. The predicted octanol–water partition coefficient (Wildman–Crippen LogP) is 4.13. The van der Waals surface area contributed by atoms with Crippen LogP contribution in [0.2, 0.25) is 0 Å². The Morgan fingerprint density at radius 2 is 1.90 bits per heavy atom. The third-order valence-electron chi connectivity index (χ3n) is 3.61. The van der Waals surface area contributed by atoms with Crippen molar-refractivity contribution in [3.8, 4) is 0 Å². The number of likely N-dealkylation sites (tertiary alicyclic amines) is 1. The monoisotopic (exact) mass is 277 g/mol. The molecule has 1 aromatic heterocycles. The molecule has 3 nitrogen and oxygen atoms in total. The molecule has 0 amide bonds. The SMILES string of the molecule is CC.CC(C)c1ccc(NCCCN2CCCC2)nc1. The first-order chi connectivity index (χ1) is 9.75. The second-order valence-electron chi connectivity index (χ2n) is 5.46. The standard InChI is InChI=1S/C15H25N3.C2H6/c1-13(2)14-6-7-15(17-12-14)16-8-5-11-18-9-3-4-10-18;1-2/h6-7,12-13H,3-5,8-11H2,1-2H3,(H,16,17);1-2H3. The summed E-state index contributed by atoms with van der Waals surface area (Å²) in [7, 11) is 0. The van der Waals surface area contributed by atoms with Crippen LogP contribution in [0.15, 0.2) is 18.3 Å². The van der Waals surface area contributed by atoms with Crippen molar-refractivity contribution in [2.75, 3.05) is 31.5 Å². The molecule has 1 aromatic rings. The minimum absolute atomic E-state index is 0.557. The quantitative estimate of drug-likeness (QED) is 0.792. The Hall–Kier alpha value is -1.09. The van der Waals surface area contributed by atoms with Crippen LogP contribution in [0, 0.1) is 0 Å². The predicted molar refractivity (Wildman–Crippen MR) is 88.5 cm³/mol. The summed E-state index contributed by atoms with van der Waals surface area (Å²) in [4.78, 5) is 7.00. The zero-order valence-corrected chi connectivity index (χ0v) is 13.7. The van der Waals surface area contributed by atoms with Gasteiger partial charge in [0.2, 0.25) is 0 Å². The number of nitrogens with one attached hydrogen (secondary N) is 1. The molecule has 20 heavy (non-hydrogen) atoms. The van der Waals surface area contributed by atoms with Crippen molar-refractivity contribution < 1.29 is 0 Å². The van der Waals surface area contributed by atoms with Crippen LogP contribution in [-0.2, 0) is 0 Å². The molecule has 1 N–H and O–H groups in total. The minimum Gasteiger partial charge on any atom is -0.370 e. The highest BCUT2D eigenvalue weighted by Crippen LogP contribution is 2.14. The molecule has 1 saturated heterocycles. The molecular weight excluding hydrogens is 246 g/mol. The highest BCUT2D eigenvalue weighted by molar-refractivity contribution is 5.35.